The number of benzene rings is 1. The Hall–Kier alpha value is -2.12. The smallest absolute Gasteiger partial charge is 0.263 e. The number of rotatable bonds is 7. The molecular formula is C23H26N4OS2. The van der Waals surface area contributed by atoms with Crippen LogP contribution in [0.3, 0.4) is 0 Å². The van der Waals surface area contributed by atoms with Crippen LogP contribution in [0.4, 0.5) is 0 Å². The summed E-state index contributed by atoms with van der Waals surface area (Å²) >= 11 is 3.53. The molecule has 0 radical (unpaired) electrons. The molecule has 0 spiro atoms. The second-order valence-corrected chi connectivity index (χ2v) is 10.0. The van der Waals surface area contributed by atoms with Crippen LogP contribution in [0.1, 0.15) is 48.6 Å². The first-order chi connectivity index (χ1) is 14.8. The van der Waals surface area contributed by atoms with Gasteiger partial charge >= 0.3 is 0 Å². The Morgan fingerprint density at radius 3 is 2.80 bits per heavy atom. The van der Waals surface area contributed by atoms with Gasteiger partial charge in [-0.25, -0.2) is 4.40 Å². The fourth-order valence-corrected chi connectivity index (χ4v) is 6.71. The summed E-state index contributed by atoms with van der Waals surface area (Å²) in [7, 11) is 0. The number of nitrogens with zero attached hydrogens (tertiary/aromatic N) is 4. The van der Waals surface area contributed by atoms with Crippen LogP contribution < -0.4 is 5.56 Å². The van der Waals surface area contributed by atoms with E-state index in [-0.39, 0.29) is 5.56 Å². The highest BCUT2D eigenvalue weighted by atomic mass is 32.2. The van der Waals surface area contributed by atoms with E-state index in [1.807, 2.05) is 22.8 Å². The van der Waals surface area contributed by atoms with Crippen molar-refractivity contribution in [2.75, 3.05) is 5.75 Å². The Morgan fingerprint density at radius 2 is 1.97 bits per heavy atom. The zero-order valence-corrected chi connectivity index (χ0v) is 18.9. The van der Waals surface area contributed by atoms with E-state index in [1.54, 1.807) is 23.1 Å². The van der Waals surface area contributed by atoms with E-state index < -0.39 is 0 Å². The number of aromatic nitrogens is 4. The molecule has 5 nitrogen and oxygen atoms in total. The molecule has 3 aromatic heterocycles. The van der Waals surface area contributed by atoms with Gasteiger partial charge in [0.25, 0.3) is 5.56 Å². The Bertz CT molecular complexity index is 1240. The van der Waals surface area contributed by atoms with Crippen molar-refractivity contribution in [2.24, 2.45) is 0 Å². The minimum atomic E-state index is 0.102. The highest BCUT2D eigenvalue weighted by Gasteiger charge is 2.24. The molecule has 0 amide bonds. The molecule has 0 bridgehead atoms. The maximum Gasteiger partial charge on any atom is 0.263 e. The Morgan fingerprint density at radius 1 is 1.13 bits per heavy atom. The lowest BCUT2D eigenvalue weighted by atomic mass is 9.97. The lowest BCUT2D eigenvalue weighted by Gasteiger charge is -2.12. The molecule has 1 aromatic carbocycles. The first kappa shape index (κ1) is 19.8. The lowest BCUT2D eigenvalue weighted by Crippen LogP contribution is -2.24. The lowest BCUT2D eigenvalue weighted by molar-refractivity contribution is 0.673. The molecule has 1 aliphatic rings. The van der Waals surface area contributed by atoms with Gasteiger partial charge in [-0.05, 0) is 49.7 Å². The average Bonchev–Trinajstić information content (AvgIpc) is 3.36. The highest BCUT2D eigenvalue weighted by Crippen LogP contribution is 2.36. The zero-order chi connectivity index (χ0) is 20.5. The monoisotopic (exact) mass is 438 g/mol. The van der Waals surface area contributed by atoms with Crippen molar-refractivity contribution < 1.29 is 0 Å². The van der Waals surface area contributed by atoms with E-state index in [1.165, 1.54) is 28.8 Å². The summed E-state index contributed by atoms with van der Waals surface area (Å²) in [5, 5.41) is 10.8. The van der Waals surface area contributed by atoms with Crippen LogP contribution in [0.2, 0.25) is 0 Å². The van der Waals surface area contributed by atoms with E-state index >= 15 is 0 Å². The summed E-state index contributed by atoms with van der Waals surface area (Å²) in [6, 6.07) is 10.3. The van der Waals surface area contributed by atoms with Crippen molar-refractivity contribution in [3.8, 4) is 0 Å². The van der Waals surface area contributed by atoms with Gasteiger partial charge in [0.05, 0.1) is 5.39 Å². The largest absolute Gasteiger partial charge is 0.276 e. The summed E-state index contributed by atoms with van der Waals surface area (Å²) in [6.07, 6.45) is 7.59. The summed E-state index contributed by atoms with van der Waals surface area (Å²) in [4.78, 5) is 16.1. The summed E-state index contributed by atoms with van der Waals surface area (Å²) < 4.78 is 4.01. The predicted octanol–water partition coefficient (Wildman–Crippen LogP) is 5.12. The van der Waals surface area contributed by atoms with Gasteiger partial charge in [0.1, 0.15) is 4.83 Å². The summed E-state index contributed by atoms with van der Waals surface area (Å²) in [5.74, 6) is 1.70. The van der Waals surface area contributed by atoms with Crippen molar-refractivity contribution >= 4 is 39.1 Å². The topological polar surface area (TPSA) is 52.2 Å². The standard InChI is InChI=1S/C23H26N4OS2/c1-2-3-15-29-23-25-24-22-26(14-13-16-9-5-4-6-10-16)20(28)19-17-11-7-8-12-18(17)30-21(19)27(22)23/h4-6,9-10H,2-3,7-8,11-15H2,1H3. The van der Waals surface area contributed by atoms with Crippen LogP contribution in [0.15, 0.2) is 40.3 Å². The van der Waals surface area contributed by atoms with Gasteiger partial charge in [-0.15, -0.1) is 21.5 Å². The zero-order valence-electron chi connectivity index (χ0n) is 17.3. The minimum Gasteiger partial charge on any atom is -0.276 e. The third-order valence-electron chi connectivity index (χ3n) is 5.87. The molecule has 5 rings (SSSR count). The van der Waals surface area contributed by atoms with Gasteiger partial charge in [0.15, 0.2) is 5.16 Å². The molecule has 0 saturated carbocycles. The molecule has 156 valence electrons. The minimum absolute atomic E-state index is 0.102. The summed E-state index contributed by atoms with van der Waals surface area (Å²) in [5.41, 5.74) is 2.61. The van der Waals surface area contributed by atoms with Crippen LogP contribution in [0, 0.1) is 0 Å². The number of fused-ring (bicyclic) bond motifs is 5. The molecule has 30 heavy (non-hydrogen) atoms. The number of hydrogen-bond acceptors (Lipinski definition) is 5. The molecule has 0 atom stereocenters. The van der Waals surface area contributed by atoms with Crippen LogP contribution in [-0.4, -0.2) is 24.9 Å². The Labute approximate surface area is 184 Å². The number of unbranched alkanes of at least 4 members (excludes halogenated alkanes) is 1. The maximum atomic E-state index is 13.6. The third-order valence-corrected chi connectivity index (χ3v) is 8.16. The van der Waals surface area contributed by atoms with Gasteiger partial charge in [-0.2, -0.15) is 0 Å². The van der Waals surface area contributed by atoms with Gasteiger partial charge < -0.3 is 0 Å². The summed E-state index contributed by atoms with van der Waals surface area (Å²) in [6.45, 7) is 2.82. The van der Waals surface area contributed by atoms with Crippen molar-refractivity contribution in [3.63, 3.8) is 0 Å². The van der Waals surface area contributed by atoms with Gasteiger partial charge in [0.2, 0.25) is 5.78 Å². The molecule has 3 heterocycles. The van der Waals surface area contributed by atoms with Gasteiger partial charge in [-0.1, -0.05) is 55.4 Å². The van der Waals surface area contributed by atoms with E-state index in [0.717, 1.165) is 53.2 Å². The molecule has 4 aromatic rings. The van der Waals surface area contributed by atoms with Gasteiger partial charge in [0, 0.05) is 17.2 Å². The van der Waals surface area contributed by atoms with Crippen LogP contribution in [0.25, 0.3) is 16.0 Å². The third kappa shape index (κ3) is 3.48. The second kappa shape index (κ2) is 8.55. The molecule has 1 aliphatic carbocycles. The van der Waals surface area contributed by atoms with Gasteiger partial charge in [-0.3, -0.25) is 9.36 Å². The molecule has 0 saturated heterocycles. The first-order valence-electron chi connectivity index (χ1n) is 10.9. The van der Waals surface area contributed by atoms with Crippen LogP contribution in [0.5, 0.6) is 0 Å². The molecular weight excluding hydrogens is 412 g/mol. The fourth-order valence-electron chi connectivity index (χ4n) is 4.26. The van der Waals surface area contributed by atoms with E-state index in [0.29, 0.717) is 12.3 Å². The Kier molecular flexibility index (Phi) is 5.65. The van der Waals surface area contributed by atoms with Crippen LogP contribution in [-0.2, 0) is 25.8 Å². The predicted molar refractivity (Wildman–Crippen MR) is 125 cm³/mol. The van der Waals surface area contributed by atoms with Crippen molar-refractivity contribution in [1.82, 2.24) is 19.2 Å². The number of thioether (sulfide) groups is 1. The number of thiophene rings is 1. The second-order valence-electron chi connectivity index (χ2n) is 7.90. The normalized spacial score (nSPS) is 13.9. The molecule has 0 fully saturated rings. The number of hydrogen-bond donors (Lipinski definition) is 0. The first-order valence-corrected chi connectivity index (χ1v) is 12.7. The van der Waals surface area contributed by atoms with E-state index in [9.17, 15) is 4.79 Å². The molecule has 0 aliphatic heterocycles. The quantitative estimate of drug-likeness (QED) is 0.297. The molecule has 0 unspecified atom stereocenters. The van der Waals surface area contributed by atoms with Crippen LogP contribution >= 0.6 is 23.1 Å². The van der Waals surface area contributed by atoms with E-state index in [2.05, 4.69) is 33.7 Å². The van der Waals surface area contributed by atoms with E-state index in [4.69, 9.17) is 0 Å². The molecule has 0 N–H and O–H groups in total. The van der Waals surface area contributed by atoms with Crippen molar-refractivity contribution in [1.29, 1.82) is 0 Å². The average molecular weight is 439 g/mol. The number of aryl methyl sites for hydroxylation is 4. The van der Waals surface area contributed by atoms with Crippen molar-refractivity contribution in [3.05, 3.63) is 56.7 Å². The SMILES string of the molecule is CCCCSc1nnc2n(CCc3ccccc3)c(=O)c3c4c(sc3n12)CCCC4. The van der Waals surface area contributed by atoms with Crippen molar-refractivity contribution in [2.45, 2.75) is 63.6 Å². The fraction of sp³-hybridized carbons (Fsp3) is 0.435. The highest BCUT2D eigenvalue weighted by molar-refractivity contribution is 7.99. The molecule has 7 heteroatoms. The maximum absolute atomic E-state index is 13.6. The Balaban J connectivity index is 1.67.